The number of carbonyl (C=O) groups excluding carboxylic acids is 1. The molecule has 0 saturated heterocycles. The Morgan fingerprint density at radius 1 is 1.16 bits per heavy atom. The van der Waals surface area contributed by atoms with Crippen LogP contribution in [0.4, 0.5) is 16.4 Å². The van der Waals surface area contributed by atoms with Crippen LogP contribution in [0.25, 0.3) is 0 Å². The first kappa shape index (κ1) is 22.4. The number of rotatable bonds is 7. The molecule has 0 fully saturated rings. The summed E-state index contributed by atoms with van der Waals surface area (Å²) in [6.45, 7) is 3.78. The number of non-ortho nitro benzene ring substituents is 1. The summed E-state index contributed by atoms with van der Waals surface area (Å²) in [7, 11) is 0. The predicted octanol–water partition coefficient (Wildman–Crippen LogP) is 5.54. The fraction of sp³-hybridized carbons (Fsp3) is 0.182. The van der Waals surface area contributed by atoms with E-state index in [2.05, 4.69) is 10.6 Å². The largest absolute Gasteiger partial charge is 0.462 e. The summed E-state index contributed by atoms with van der Waals surface area (Å²) in [5, 5.41) is 17.9. The third kappa shape index (κ3) is 5.87. The summed E-state index contributed by atoms with van der Waals surface area (Å²) in [5.41, 5.74) is 2.88. The first-order valence-corrected chi connectivity index (χ1v) is 10.8. The van der Waals surface area contributed by atoms with Crippen molar-refractivity contribution in [2.24, 2.45) is 0 Å². The number of ether oxygens (including phenoxy) is 1. The lowest BCUT2D eigenvalue weighted by Gasteiger charge is -2.12. The second-order valence-corrected chi connectivity index (χ2v) is 8.22. The molecule has 2 N–H and O–H groups in total. The molecule has 3 rings (SSSR count). The van der Waals surface area contributed by atoms with Crippen LogP contribution in [0.5, 0.6) is 0 Å². The third-order valence-corrected chi connectivity index (χ3v) is 5.65. The number of esters is 1. The normalized spacial score (nSPS) is 10.4. The van der Waals surface area contributed by atoms with Crippen molar-refractivity contribution in [1.82, 2.24) is 0 Å². The molecular weight excluding hydrogens is 434 g/mol. The van der Waals surface area contributed by atoms with Gasteiger partial charge in [-0.3, -0.25) is 10.1 Å². The Hall–Kier alpha value is -3.30. The molecule has 1 heterocycles. The van der Waals surface area contributed by atoms with Gasteiger partial charge in [0.25, 0.3) is 5.69 Å². The zero-order chi connectivity index (χ0) is 22.4. The van der Waals surface area contributed by atoms with Gasteiger partial charge < -0.3 is 15.4 Å². The lowest BCUT2D eigenvalue weighted by Crippen LogP contribution is -2.20. The van der Waals surface area contributed by atoms with Gasteiger partial charge in [0.1, 0.15) is 5.00 Å². The van der Waals surface area contributed by atoms with E-state index >= 15 is 0 Å². The molecule has 9 heteroatoms. The van der Waals surface area contributed by atoms with Crippen LogP contribution in [-0.4, -0.2) is 22.6 Å². The van der Waals surface area contributed by atoms with Crippen LogP contribution < -0.4 is 10.6 Å². The number of hydrogen-bond donors (Lipinski definition) is 2. The first-order valence-electron chi connectivity index (χ1n) is 9.54. The van der Waals surface area contributed by atoms with Crippen LogP contribution in [0.2, 0.25) is 0 Å². The van der Waals surface area contributed by atoms with Crippen LogP contribution >= 0.6 is 23.6 Å². The average Bonchev–Trinajstić information content (AvgIpc) is 3.12. The van der Waals surface area contributed by atoms with E-state index in [1.807, 2.05) is 36.4 Å². The van der Waals surface area contributed by atoms with E-state index in [-0.39, 0.29) is 17.4 Å². The van der Waals surface area contributed by atoms with E-state index < -0.39 is 10.9 Å². The maximum absolute atomic E-state index is 12.4. The SMILES string of the molecule is CCOC(=O)c1cc(Cc2ccccc2)sc1NC(=S)Nc1ccc([N+](=O)[O-])cc1C. The molecule has 0 saturated carbocycles. The number of nitro groups is 1. The topological polar surface area (TPSA) is 93.5 Å². The van der Waals surface area contributed by atoms with Crippen LogP contribution in [0.1, 0.15) is 33.3 Å². The standard InChI is InChI=1S/C22H21N3O4S2/c1-3-29-21(26)18-13-17(12-15-7-5-4-6-8-15)31-20(18)24-22(30)23-19-10-9-16(25(27)28)11-14(19)2/h4-11,13H,3,12H2,1-2H3,(H2,23,24,30). The van der Waals surface area contributed by atoms with Crippen molar-refractivity contribution < 1.29 is 14.5 Å². The minimum atomic E-state index is -0.446. The molecule has 0 amide bonds. The molecule has 0 atom stereocenters. The number of thiocarbonyl (C=S) groups is 1. The number of nitro benzene ring substituents is 1. The number of carbonyl (C=O) groups is 1. The molecule has 0 radical (unpaired) electrons. The fourth-order valence-electron chi connectivity index (χ4n) is 2.94. The van der Waals surface area contributed by atoms with E-state index in [0.29, 0.717) is 28.2 Å². The van der Waals surface area contributed by atoms with Crippen LogP contribution in [0.3, 0.4) is 0 Å². The highest BCUT2D eigenvalue weighted by Crippen LogP contribution is 2.31. The molecule has 0 unspecified atom stereocenters. The number of nitrogens with zero attached hydrogens (tertiary/aromatic N) is 1. The zero-order valence-electron chi connectivity index (χ0n) is 17.0. The van der Waals surface area contributed by atoms with E-state index in [4.69, 9.17) is 17.0 Å². The second-order valence-electron chi connectivity index (χ2n) is 6.67. The van der Waals surface area contributed by atoms with Gasteiger partial charge in [0.05, 0.1) is 17.1 Å². The highest BCUT2D eigenvalue weighted by atomic mass is 32.1. The molecular formula is C22H21N3O4S2. The van der Waals surface area contributed by atoms with E-state index in [1.165, 1.54) is 23.5 Å². The molecule has 0 aliphatic rings. The summed E-state index contributed by atoms with van der Waals surface area (Å²) < 4.78 is 5.19. The van der Waals surface area contributed by atoms with Crippen LogP contribution in [0, 0.1) is 17.0 Å². The van der Waals surface area contributed by atoms with E-state index in [0.717, 1.165) is 10.4 Å². The van der Waals surface area contributed by atoms with Crippen molar-refractivity contribution in [2.75, 3.05) is 17.2 Å². The molecule has 2 aromatic carbocycles. The number of benzene rings is 2. The van der Waals surface area contributed by atoms with E-state index in [9.17, 15) is 14.9 Å². The van der Waals surface area contributed by atoms with Gasteiger partial charge in [-0.2, -0.15) is 0 Å². The Labute approximate surface area is 189 Å². The van der Waals surface area contributed by atoms with Gasteiger partial charge >= 0.3 is 5.97 Å². The van der Waals surface area contributed by atoms with Gasteiger partial charge in [-0.25, -0.2) is 4.79 Å². The maximum atomic E-state index is 12.4. The third-order valence-electron chi connectivity index (χ3n) is 4.40. The Bertz CT molecular complexity index is 1110. The minimum absolute atomic E-state index is 0.00957. The number of aryl methyl sites for hydroxylation is 1. The minimum Gasteiger partial charge on any atom is -0.462 e. The van der Waals surface area contributed by atoms with Gasteiger partial charge in [-0.05, 0) is 49.3 Å². The van der Waals surface area contributed by atoms with Gasteiger partial charge in [-0.1, -0.05) is 30.3 Å². The summed E-state index contributed by atoms with van der Waals surface area (Å²) >= 11 is 6.84. The smallest absolute Gasteiger partial charge is 0.341 e. The second kappa shape index (κ2) is 10.1. The Balaban J connectivity index is 1.79. The summed E-state index contributed by atoms with van der Waals surface area (Å²) in [6.07, 6.45) is 0.682. The van der Waals surface area contributed by atoms with Crippen molar-refractivity contribution in [2.45, 2.75) is 20.3 Å². The highest BCUT2D eigenvalue weighted by Gasteiger charge is 2.19. The Morgan fingerprint density at radius 3 is 2.55 bits per heavy atom. The van der Waals surface area contributed by atoms with Crippen molar-refractivity contribution in [3.05, 3.63) is 86.3 Å². The molecule has 0 spiro atoms. The molecule has 3 aromatic rings. The molecule has 1 aromatic heterocycles. The first-order chi connectivity index (χ1) is 14.9. The molecule has 0 aliphatic heterocycles. The van der Waals surface area contributed by atoms with E-state index in [1.54, 1.807) is 19.9 Å². The Kier molecular flexibility index (Phi) is 7.32. The fourth-order valence-corrected chi connectivity index (χ4v) is 4.30. The van der Waals surface area contributed by atoms with Crippen molar-refractivity contribution in [3.8, 4) is 0 Å². The Morgan fingerprint density at radius 2 is 1.90 bits per heavy atom. The summed E-state index contributed by atoms with van der Waals surface area (Å²) in [5.74, 6) is -0.421. The molecule has 0 aliphatic carbocycles. The van der Waals surface area contributed by atoms with Crippen LogP contribution in [-0.2, 0) is 11.2 Å². The van der Waals surface area contributed by atoms with Gasteiger partial charge in [0, 0.05) is 29.1 Å². The predicted molar refractivity (Wildman–Crippen MR) is 127 cm³/mol. The van der Waals surface area contributed by atoms with Gasteiger partial charge in [0.2, 0.25) is 0 Å². The summed E-state index contributed by atoms with van der Waals surface area (Å²) in [4.78, 5) is 23.9. The van der Waals surface area contributed by atoms with Crippen molar-refractivity contribution in [1.29, 1.82) is 0 Å². The van der Waals surface area contributed by atoms with Crippen LogP contribution in [0.15, 0.2) is 54.6 Å². The molecule has 160 valence electrons. The average molecular weight is 456 g/mol. The lowest BCUT2D eigenvalue weighted by atomic mass is 10.1. The van der Waals surface area contributed by atoms with Crippen molar-refractivity contribution in [3.63, 3.8) is 0 Å². The summed E-state index contributed by atoms with van der Waals surface area (Å²) in [6, 6.07) is 16.3. The lowest BCUT2D eigenvalue weighted by molar-refractivity contribution is -0.384. The van der Waals surface area contributed by atoms with Crippen molar-refractivity contribution >= 4 is 51.0 Å². The number of anilines is 2. The monoisotopic (exact) mass is 455 g/mol. The highest BCUT2D eigenvalue weighted by molar-refractivity contribution is 7.80. The quantitative estimate of drug-likeness (QED) is 0.209. The number of hydrogen-bond acceptors (Lipinski definition) is 6. The molecule has 0 bridgehead atoms. The molecule has 7 nitrogen and oxygen atoms in total. The molecule has 31 heavy (non-hydrogen) atoms. The maximum Gasteiger partial charge on any atom is 0.341 e. The number of nitrogens with one attached hydrogen (secondary N) is 2. The number of thiophene rings is 1. The zero-order valence-corrected chi connectivity index (χ0v) is 18.6. The van der Waals surface area contributed by atoms with Gasteiger partial charge in [0.15, 0.2) is 5.11 Å². The van der Waals surface area contributed by atoms with Gasteiger partial charge in [-0.15, -0.1) is 11.3 Å².